The van der Waals surface area contributed by atoms with Crippen molar-refractivity contribution in [3.63, 3.8) is 0 Å². The number of amides is 1. The molecule has 2 aromatic heterocycles. The summed E-state index contributed by atoms with van der Waals surface area (Å²) in [5.41, 5.74) is 0.956. The van der Waals surface area contributed by atoms with Crippen LogP contribution < -0.4 is 5.32 Å². The summed E-state index contributed by atoms with van der Waals surface area (Å²) in [4.78, 5) is 21.2. The average molecular weight is 380 g/mol. The molecule has 0 unspecified atom stereocenters. The summed E-state index contributed by atoms with van der Waals surface area (Å²) in [5, 5.41) is 5.03. The fourth-order valence-corrected chi connectivity index (χ4v) is 3.98. The first-order valence-electron chi connectivity index (χ1n) is 9.87. The summed E-state index contributed by atoms with van der Waals surface area (Å²) in [6.45, 7) is 5.65. The number of aromatic nitrogens is 2. The van der Waals surface area contributed by atoms with Gasteiger partial charge in [-0.05, 0) is 55.5 Å². The number of rotatable bonds is 5. The molecule has 0 bridgehead atoms. The van der Waals surface area contributed by atoms with E-state index >= 15 is 0 Å². The van der Waals surface area contributed by atoms with Crippen LogP contribution in [0.15, 0.2) is 53.7 Å². The molecule has 1 aromatic carbocycles. The molecule has 3 aromatic rings. The predicted octanol–water partition coefficient (Wildman–Crippen LogP) is 6.01. The standard InChI is InChI=1S/C23H25N3O2.2H2/c1-3-4-16-5-7-17(8-6-16)23(27)26-22-12-20-11-18(9-10-19(20)13-25-22)21-14-24-15(2)28-21;;/h3,9-14,16-17H,1,4-8H2,2H3,(H,25,26,27);2*1H. The molecule has 0 radical (unpaired) electrons. The van der Waals surface area contributed by atoms with Gasteiger partial charge in [-0.1, -0.05) is 18.2 Å². The van der Waals surface area contributed by atoms with Gasteiger partial charge in [0, 0.05) is 32.8 Å². The molecule has 1 aliphatic carbocycles. The quantitative estimate of drug-likeness (QED) is 0.551. The largest absolute Gasteiger partial charge is 0.441 e. The highest BCUT2D eigenvalue weighted by atomic mass is 16.4. The van der Waals surface area contributed by atoms with Crippen molar-refractivity contribution in [2.45, 2.75) is 39.0 Å². The molecule has 1 aliphatic rings. The monoisotopic (exact) mass is 379 g/mol. The molecule has 1 amide bonds. The maximum absolute atomic E-state index is 12.7. The van der Waals surface area contributed by atoms with Gasteiger partial charge in [-0.3, -0.25) is 4.79 Å². The van der Waals surface area contributed by atoms with Crippen LogP contribution in [-0.2, 0) is 4.79 Å². The second kappa shape index (κ2) is 7.97. The highest BCUT2D eigenvalue weighted by Crippen LogP contribution is 2.32. The molecule has 28 heavy (non-hydrogen) atoms. The maximum Gasteiger partial charge on any atom is 0.228 e. The van der Waals surface area contributed by atoms with Gasteiger partial charge >= 0.3 is 0 Å². The number of aryl methyl sites for hydroxylation is 1. The Morgan fingerprint density at radius 3 is 2.75 bits per heavy atom. The molecular formula is C23H29N3O2. The maximum atomic E-state index is 12.7. The molecule has 0 aliphatic heterocycles. The van der Waals surface area contributed by atoms with Crippen LogP contribution in [-0.4, -0.2) is 15.9 Å². The number of hydrogen-bond donors (Lipinski definition) is 1. The average Bonchev–Trinajstić information content (AvgIpc) is 3.14. The van der Waals surface area contributed by atoms with Gasteiger partial charge in [-0.25, -0.2) is 9.97 Å². The molecule has 2 heterocycles. The molecule has 0 spiro atoms. The first-order chi connectivity index (χ1) is 13.6. The number of pyridine rings is 1. The van der Waals surface area contributed by atoms with Gasteiger partial charge in [0.1, 0.15) is 5.82 Å². The number of hydrogen-bond acceptors (Lipinski definition) is 4. The fourth-order valence-electron chi connectivity index (χ4n) is 3.98. The van der Waals surface area contributed by atoms with Crippen molar-refractivity contribution in [1.82, 2.24) is 9.97 Å². The summed E-state index contributed by atoms with van der Waals surface area (Å²) in [7, 11) is 0. The highest BCUT2D eigenvalue weighted by molar-refractivity contribution is 5.94. The Morgan fingerprint density at radius 1 is 1.21 bits per heavy atom. The zero-order valence-electron chi connectivity index (χ0n) is 16.1. The van der Waals surface area contributed by atoms with Gasteiger partial charge in [0.15, 0.2) is 11.7 Å². The lowest BCUT2D eigenvalue weighted by molar-refractivity contribution is -0.121. The zero-order chi connectivity index (χ0) is 19.5. The summed E-state index contributed by atoms with van der Waals surface area (Å²) in [6, 6.07) is 7.95. The number of fused-ring (bicyclic) bond motifs is 1. The highest BCUT2D eigenvalue weighted by Gasteiger charge is 2.25. The second-order valence-corrected chi connectivity index (χ2v) is 7.61. The van der Waals surface area contributed by atoms with Gasteiger partial charge in [-0.15, -0.1) is 6.58 Å². The molecule has 1 N–H and O–H groups in total. The Kier molecular flexibility index (Phi) is 5.24. The van der Waals surface area contributed by atoms with Crippen molar-refractivity contribution >= 4 is 22.5 Å². The number of anilines is 1. The van der Waals surface area contributed by atoms with E-state index in [0.29, 0.717) is 17.6 Å². The summed E-state index contributed by atoms with van der Waals surface area (Å²) < 4.78 is 5.62. The molecule has 4 rings (SSSR count). The molecule has 5 nitrogen and oxygen atoms in total. The molecule has 0 atom stereocenters. The Labute approximate surface area is 167 Å². The number of nitrogens with zero attached hydrogens (tertiary/aromatic N) is 2. The topological polar surface area (TPSA) is 68.0 Å². The van der Waals surface area contributed by atoms with E-state index in [0.717, 1.165) is 54.2 Å². The first-order valence-corrected chi connectivity index (χ1v) is 9.87. The van der Waals surface area contributed by atoms with Crippen LogP contribution >= 0.6 is 0 Å². The summed E-state index contributed by atoms with van der Waals surface area (Å²) in [5.74, 6) is 2.79. The van der Waals surface area contributed by atoms with E-state index in [9.17, 15) is 4.79 Å². The predicted molar refractivity (Wildman–Crippen MR) is 115 cm³/mol. The number of carbonyl (C=O) groups excluding carboxylic acids is 1. The van der Waals surface area contributed by atoms with Crippen molar-refractivity contribution in [1.29, 1.82) is 0 Å². The zero-order valence-corrected chi connectivity index (χ0v) is 16.1. The molecule has 5 heteroatoms. The van der Waals surface area contributed by atoms with E-state index in [4.69, 9.17) is 4.42 Å². The minimum Gasteiger partial charge on any atom is -0.441 e. The van der Waals surface area contributed by atoms with Crippen LogP contribution in [0.5, 0.6) is 0 Å². The van der Waals surface area contributed by atoms with Gasteiger partial charge < -0.3 is 9.73 Å². The van der Waals surface area contributed by atoms with Crippen molar-refractivity contribution in [3.8, 4) is 11.3 Å². The second-order valence-electron chi connectivity index (χ2n) is 7.61. The van der Waals surface area contributed by atoms with E-state index < -0.39 is 0 Å². The number of carbonyl (C=O) groups is 1. The lowest BCUT2D eigenvalue weighted by Gasteiger charge is -2.26. The number of benzene rings is 1. The number of allylic oxidation sites excluding steroid dienone is 1. The lowest BCUT2D eigenvalue weighted by atomic mass is 9.80. The van der Waals surface area contributed by atoms with E-state index in [1.807, 2.05) is 37.3 Å². The van der Waals surface area contributed by atoms with Gasteiger partial charge in [0.2, 0.25) is 5.91 Å². The van der Waals surface area contributed by atoms with Gasteiger partial charge in [-0.2, -0.15) is 0 Å². The number of oxazole rings is 1. The fraction of sp³-hybridized carbons (Fsp3) is 0.348. The Balaban J connectivity index is 0.00000160. The van der Waals surface area contributed by atoms with Gasteiger partial charge in [0.25, 0.3) is 0 Å². The third-order valence-corrected chi connectivity index (χ3v) is 5.60. The summed E-state index contributed by atoms with van der Waals surface area (Å²) >= 11 is 0. The van der Waals surface area contributed by atoms with Crippen molar-refractivity contribution < 1.29 is 12.1 Å². The molecular weight excluding hydrogens is 350 g/mol. The SMILES string of the molecule is C=CCC1CCC(C(=O)Nc2cc3cc(-c4cnc(C)o4)ccc3cn2)CC1.[HH].[HH]. The van der Waals surface area contributed by atoms with Crippen LogP contribution in [0.3, 0.4) is 0 Å². The Hall–Kier alpha value is -2.95. The van der Waals surface area contributed by atoms with E-state index in [2.05, 4.69) is 21.9 Å². The van der Waals surface area contributed by atoms with E-state index in [1.54, 1.807) is 12.4 Å². The van der Waals surface area contributed by atoms with Crippen LogP contribution in [0.4, 0.5) is 5.82 Å². The Morgan fingerprint density at radius 2 is 2.04 bits per heavy atom. The normalized spacial score (nSPS) is 19.5. The van der Waals surface area contributed by atoms with Crippen LogP contribution in [0.25, 0.3) is 22.1 Å². The third-order valence-electron chi connectivity index (χ3n) is 5.60. The van der Waals surface area contributed by atoms with Crippen molar-refractivity contribution in [3.05, 3.63) is 55.2 Å². The minimum absolute atomic E-state index is 0. The van der Waals surface area contributed by atoms with Crippen molar-refractivity contribution in [2.75, 3.05) is 5.32 Å². The van der Waals surface area contributed by atoms with E-state index in [-0.39, 0.29) is 14.7 Å². The molecule has 0 saturated heterocycles. The number of nitrogens with one attached hydrogen (secondary N) is 1. The molecule has 148 valence electrons. The lowest BCUT2D eigenvalue weighted by Crippen LogP contribution is -2.27. The van der Waals surface area contributed by atoms with Gasteiger partial charge in [0.05, 0.1) is 6.20 Å². The summed E-state index contributed by atoms with van der Waals surface area (Å²) in [6.07, 6.45) is 10.6. The third kappa shape index (κ3) is 3.98. The molecule has 1 fully saturated rings. The van der Waals surface area contributed by atoms with Crippen LogP contribution in [0.2, 0.25) is 0 Å². The minimum atomic E-state index is 0. The van der Waals surface area contributed by atoms with Crippen molar-refractivity contribution in [2.24, 2.45) is 11.8 Å². The first kappa shape index (κ1) is 18.4. The Bertz CT molecular complexity index is 1010. The molecule has 1 saturated carbocycles. The van der Waals surface area contributed by atoms with Crippen LogP contribution in [0, 0.1) is 18.8 Å². The van der Waals surface area contributed by atoms with E-state index in [1.165, 1.54) is 0 Å². The van der Waals surface area contributed by atoms with Crippen LogP contribution in [0.1, 0.15) is 40.8 Å². The smallest absolute Gasteiger partial charge is 0.228 e.